The van der Waals surface area contributed by atoms with Crippen LogP contribution in [0.3, 0.4) is 0 Å². The Labute approximate surface area is 145 Å². The molecule has 1 N–H and O–H groups in total. The molecule has 1 aliphatic rings. The van der Waals surface area contributed by atoms with Gasteiger partial charge in [0.25, 0.3) is 5.91 Å². The number of hydrogen-bond donors (Lipinski definition) is 1. The summed E-state index contributed by atoms with van der Waals surface area (Å²) in [6.07, 6.45) is 0. The predicted octanol–water partition coefficient (Wildman–Crippen LogP) is 3.87. The molecule has 0 fully saturated rings. The zero-order valence-corrected chi connectivity index (χ0v) is 13.7. The topological polar surface area (TPSA) is 56.8 Å². The number of amides is 1. The van der Waals surface area contributed by atoms with E-state index in [1.807, 2.05) is 36.4 Å². The quantitative estimate of drug-likeness (QED) is 0.789. The molecule has 1 amide bonds. The molecule has 0 atom stereocenters. The van der Waals surface area contributed by atoms with E-state index in [-0.39, 0.29) is 5.91 Å². The largest absolute Gasteiger partial charge is 0.496 e. The van der Waals surface area contributed by atoms with Crippen LogP contribution in [0, 0.1) is 0 Å². The number of ether oxygens (including phenoxy) is 3. The first-order chi connectivity index (χ1) is 12.2. The van der Waals surface area contributed by atoms with Gasteiger partial charge >= 0.3 is 0 Å². The number of anilines is 1. The predicted molar refractivity (Wildman–Crippen MR) is 95.9 cm³/mol. The summed E-state index contributed by atoms with van der Waals surface area (Å²) >= 11 is 0. The van der Waals surface area contributed by atoms with E-state index in [0.717, 1.165) is 10.8 Å². The molecule has 0 saturated heterocycles. The molecule has 0 aromatic heterocycles. The monoisotopic (exact) mass is 335 g/mol. The number of carbonyl (C=O) groups excluding carboxylic acids is 1. The van der Waals surface area contributed by atoms with Crippen molar-refractivity contribution in [2.75, 3.05) is 25.6 Å². The third-order valence-corrected chi connectivity index (χ3v) is 4.11. The van der Waals surface area contributed by atoms with Crippen molar-refractivity contribution in [1.82, 2.24) is 0 Å². The molecule has 1 heterocycles. The first-order valence-electron chi connectivity index (χ1n) is 8.02. The molecule has 5 nitrogen and oxygen atoms in total. The van der Waals surface area contributed by atoms with Gasteiger partial charge in [-0.1, -0.05) is 24.3 Å². The molecule has 5 heteroatoms. The fraction of sp³-hybridized carbons (Fsp3) is 0.150. The number of benzene rings is 3. The van der Waals surface area contributed by atoms with Crippen LogP contribution in [0.25, 0.3) is 10.8 Å². The number of carbonyl (C=O) groups is 1. The molecule has 3 aromatic rings. The Kier molecular flexibility index (Phi) is 3.90. The molecular weight excluding hydrogens is 318 g/mol. The van der Waals surface area contributed by atoms with Gasteiger partial charge in [-0.3, -0.25) is 4.79 Å². The summed E-state index contributed by atoms with van der Waals surface area (Å²) in [5.74, 6) is 1.62. The number of fused-ring (bicyclic) bond motifs is 2. The van der Waals surface area contributed by atoms with Crippen LogP contribution in [0.1, 0.15) is 10.4 Å². The van der Waals surface area contributed by atoms with E-state index in [0.29, 0.717) is 41.7 Å². The lowest BCUT2D eigenvalue weighted by Crippen LogP contribution is -2.16. The van der Waals surface area contributed by atoms with Crippen LogP contribution in [-0.4, -0.2) is 26.2 Å². The van der Waals surface area contributed by atoms with Crippen molar-refractivity contribution in [3.63, 3.8) is 0 Å². The second kappa shape index (κ2) is 6.36. The standard InChI is InChI=1S/C20H17NO4/c1-23-18-11-14-5-3-2-4-13(14)10-16(18)20(22)21-15-6-7-17-19(12-15)25-9-8-24-17/h2-7,10-12H,8-9H2,1H3,(H,21,22). The molecule has 4 rings (SSSR count). The molecule has 0 saturated carbocycles. The number of hydrogen-bond acceptors (Lipinski definition) is 4. The van der Waals surface area contributed by atoms with E-state index in [9.17, 15) is 4.79 Å². The van der Waals surface area contributed by atoms with Crippen molar-refractivity contribution in [3.8, 4) is 17.2 Å². The molecule has 25 heavy (non-hydrogen) atoms. The van der Waals surface area contributed by atoms with E-state index in [2.05, 4.69) is 5.32 Å². The van der Waals surface area contributed by atoms with Gasteiger partial charge in [0.15, 0.2) is 11.5 Å². The summed E-state index contributed by atoms with van der Waals surface area (Å²) in [7, 11) is 1.56. The molecule has 0 aliphatic carbocycles. The second-order valence-corrected chi connectivity index (χ2v) is 5.71. The van der Waals surface area contributed by atoms with Gasteiger partial charge in [-0.2, -0.15) is 0 Å². The molecular formula is C20H17NO4. The highest BCUT2D eigenvalue weighted by Crippen LogP contribution is 2.33. The van der Waals surface area contributed by atoms with Gasteiger partial charge in [-0.15, -0.1) is 0 Å². The van der Waals surface area contributed by atoms with Crippen molar-refractivity contribution in [1.29, 1.82) is 0 Å². The highest BCUT2D eigenvalue weighted by molar-refractivity contribution is 6.08. The molecule has 0 spiro atoms. The highest BCUT2D eigenvalue weighted by Gasteiger charge is 2.16. The number of methoxy groups -OCH3 is 1. The second-order valence-electron chi connectivity index (χ2n) is 5.71. The highest BCUT2D eigenvalue weighted by atomic mass is 16.6. The van der Waals surface area contributed by atoms with Gasteiger partial charge < -0.3 is 19.5 Å². The maximum Gasteiger partial charge on any atom is 0.259 e. The van der Waals surface area contributed by atoms with Crippen molar-refractivity contribution < 1.29 is 19.0 Å². The summed E-state index contributed by atoms with van der Waals surface area (Å²) < 4.78 is 16.4. The third-order valence-electron chi connectivity index (χ3n) is 4.11. The van der Waals surface area contributed by atoms with Gasteiger partial charge in [0.2, 0.25) is 0 Å². The van der Waals surface area contributed by atoms with Gasteiger partial charge in [0, 0.05) is 11.8 Å². The van der Waals surface area contributed by atoms with Crippen LogP contribution >= 0.6 is 0 Å². The van der Waals surface area contributed by atoms with Gasteiger partial charge in [0.1, 0.15) is 19.0 Å². The van der Waals surface area contributed by atoms with Crippen molar-refractivity contribution in [2.45, 2.75) is 0 Å². The van der Waals surface area contributed by atoms with Crippen molar-refractivity contribution >= 4 is 22.4 Å². The van der Waals surface area contributed by atoms with Crippen LogP contribution in [0.15, 0.2) is 54.6 Å². The maximum atomic E-state index is 12.7. The normalized spacial score (nSPS) is 12.7. The Morgan fingerprint density at radius 3 is 2.44 bits per heavy atom. The minimum Gasteiger partial charge on any atom is -0.496 e. The van der Waals surface area contributed by atoms with Crippen LogP contribution in [0.2, 0.25) is 0 Å². The fourth-order valence-corrected chi connectivity index (χ4v) is 2.89. The van der Waals surface area contributed by atoms with Crippen LogP contribution < -0.4 is 19.5 Å². The van der Waals surface area contributed by atoms with E-state index in [1.54, 1.807) is 25.3 Å². The first kappa shape index (κ1) is 15.3. The Morgan fingerprint density at radius 1 is 0.960 bits per heavy atom. The Morgan fingerprint density at radius 2 is 1.68 bits per heavy atom. The third kappa shape index (κ3) is 2.96. The molecule has 0 radical (unpaired) electrons. The SMILES string of the molecule is COc1cc2ccccc2cc1C(=O)Nc1ccc2c(c1)OCCO2. The van der Waals surface area contributed by atoms with Gasteiger partial charge in [-0.25, -0.2) is 0 Å². The van der Waals surface area contributed by atoms with E-state index < -0.39 is 0 Å². The van der Waals surface area contributed by atoms with Crippen molar-refractivity contribution in [3.05, 3.63) is 60.2 Å². The molecule has 0 bridgehead atoms. The Balaban J connectivity index is 1.65. The number of rotatable bonds is 3. The number of nitrogens with one attached hydrogen (secondary N) is 1. The molecule has 1 aliphatic heterocycles. The first-order valence-corrected chi connectivity index (χ1v) is 8.02. The van der Waals surface area contributed by atoms with Gasteiger partial charge in [0.05, 0.1) is 12.7 Å². The lowest BCUT2D eigenvalue weighted by Gasteiger charge is -2.19. The van der Waals surface area contributed by atoms with Crippen LogP contribution in [-0.2, 0) is 0 Å². The summed E-state index contributed by atoms with van der Waals surface area (Å²) in [6.45, 7) is 1.04. The fourth-order valence-electron chi connectivity index (χ4n) is 2.89. The average Bonchev–Trinajstić information content (AvgIpc) is 2.66. The Bertz CT molecular complexity index is 952. The lowest BCUT2D eigenvalue weighted by molar-refractivity contribution is 0.102. The zero-order valence-electron chi connectivity index (χ0n) is 13.7. The summed E-state index contributed by atoms with van der Waals surface area (Å²) in [5.41, 5.74) is 1.13. The zero-order chi connectivity index (χ0) is 17.2. The maximum absolute atomic E-state index is 12.7. The lowest BCUT2D eigenvalue weighted by atomic mass is 10.1. The Hall–Kier alpha value is -3.21. The van der Waals surface area contributed by atoms with Gasteiger partial charge in [-0.05, 0) is 35.0 Å². The minimum absolute atomic E-state index is 0.237. The van der Waals surface area contributed by atoms with E-state index >= 15 is 0 Å². The molecule has 3 aromatic carbocycles. The summed E-state index contributed by atoms with van der Waals surface area (Å²) in [5, 5.41) is 4.90. The summed E-state index contributed by atoms with van der Waals surface area (Å²) in [4.78, 5) is 12.7. The minimum atomic E-state index is -0.237. The van der Waals surface area contributed by atoms with Crippen LogP contribution in [0.4, 0.5) is 5.69 Å². The smallest absolute Gasteiger partial charge is 0.259 e. The van der Waals surface area contributed by atoms with E-state index in [4.69, 9.17) is 14.2 Å². The summed E-state index contributed by atoms with van der Waals surface area (Å²) in [6, 6.07) is 16.9. The van der Waals surface area contributed by atoms with Crippen molar-refractivity contribution in [2.24, 2.45) is 0 Å². The molecule has 0 unspecified atom stereocenters. The molecule has 126 valence electrons. The average molecular weight is 335 g/mol. The van der Waals surface area contributed by atoms with Crippen LogP contribution in [0.5, 0.6) is 17.2 Å². The van der Waals surface area contributed by atoms with E-state index in [1.165, 1.54) is 0 Å².